The quantitative estimate of drug-likeness (QED) is 0.443. The molecule has 0 saturated carbocycles. The number of hydrogen-bond acceptors (Lipinski definition) is 8. The molecule has 5 rings (SSSR count). The van der Waals surface area contributed by atoms with Crippen LogP contribution in [0.2, 0.25) is 0 Å². The fourth-order valence-corrected chi connectivity index (χ4v) is 5.33. The fourth-order valence-electron chi connectivity index (χ4n) is 4.65. The minimum absolute atomic E-state index is 0.00847. The first-order chi connectivity index (χ1) is 18.9. The van der Waals surface area contributed by atoms with Gasteiger partial charge in [-0.2, -0.15) is 0 Å². The number of allylic oxidation sites excluding steroid dienone is 2. The predicted octanol–water partition coefficient (Wildman–Crippen LogP) is 4.19. The van der Waals surface area contributed by atoms with Gasteiger partial charge in [0.1, 0.15) is 5.82 Å². The van der Waals surface area contributed by atoms with E-state index in [4.69, 9.17) is 4.98 Å². The van der Waals surface area contributed by atoms with Crippen molar-refractivity contribution in [3.05, 3.63) is 71.4 Å². The minimum Gasteiger partial charge on any atom is -0.353 e. The summed E-state index contributed by atoms with van der Waals surface area (Å²) < 4.78 is 0. The molecule has 3 aromatic rings. The van der Waals surface area contributed by atoms with E-state index in [0.717, 1.165) is 45.2 Å². The lowest BCUT2D eigenvalue weighted by Gasteiger charge is -2.35. The van der Waals surface area contributed by atoms with E-state index >= 15 is 0 Å². The SMILES string of the molecule is C/C=C/C(=O)CCC(=O)N1CCN(c2ccc(-c3ccnc4ccc(/C=C5\SC(=O)NC5=O)cc34)cn2)CC1. The summed E-state index contributed by atoms with van der Waals surface area (Å²) in [7, 11) is 0. The number of rotatable bonds is 7. The average molecular weight is 542 g/mol. The molecule has 0 aliphatic carbocycles. The van der Waals surface area contributed by atoms with Gasteiger partial charge in [0.2, 0.25) is 5.91 Å². The van der Waals surface area contributed by atoms with Crippen molar-refractivity contribution in [1.82, 2.24) is 20.2 Å². The van der Waals surface area contributed by atoms with Crippen molar-refractivity contribution in [1.29, 1.82) is 0 Å². The lowest BCUT2D eigenvalue weighted by Crippen LogP contribution is -2.49. The van der Waals surface area contributed by atoms with Crippen LogP contribution in [0.3, 0.4) is 0 Å². The molecule has 1 N–H and O–H groups in total. The number of piperazine rings is 1. The van der Waals surface area contributed by atoms with Gasteiger partial charge >= 0.3 is 0 Å². The van der Waals surface area contributed by atoms with Crippen LogP contribution in [0.25, 0.3) is 28.1 Å². The number of benzene rings is 1. The maximum Gasteiger partial charge on any atom is 0.290 e. The summed E-state index contributed by atoms with van der Waals surface area (Å²) in [6.07, 6.45) is 8.96. The number of aromatic nitrogens is 2. The zero-order valence-corrected chi connectivity index (χ0v) is 22.2. The number of ketones is 1. The molecule has 2 fully saturated rings. The average Bonchev–Trinajstić information content (AvgIpc) is 3.27. The van der Waals surface area contributed by atoms with Gasteiger partial charge in [0.25, 0.3) is 11.1 Å². The molecule has 198 valence electrons. The molecule has 0 unspecified atom stereocenters. The fraction of sp³-hybridized carbons (Fsp3) is 0.241. The van der Waals surface area contributed by atoms with Crippen LogP contribution >= 0.6 is 11.8 Å². The molecule has 2 aromatic heterocycles. The van der Waals surface area contributed by atoms with Crippen molar-refractivity contribution < 1.29 is 19.2 Å². The lowest BCUT2D eigenvalue weighted by atomic mass is 10.0. The normalized spacial score (nSPS) is 16.9. The number of imide groups is 1. The largest absolute Gasteiger partial charge is 0.353 e. The summed E-state index contributed by atoms with van der Waals surface area (Å²) in [5, 5.41) is 2.82. The number of fused-ring (bicyclic) bond motifs is 1. The van der Waals surface area contributed by atoms with Crippen LogP contribution in [-0.4, -0.2) is 63.9 Å². The van der Waals surface area contributed by atoms with Crippen molar-refractivity contribution in [2.24, 2.45) is 0 Å². The van der Waals surface area contributed by atoms with Gasteiger partial charge in [0.05, 0.1) is 10.4 Å². The lowest BCUT2D eigenvalue weighted by molar-refractivity contribution is -0.133. The van der Waals surface area contributed by atoms with Crippen LogP contribution in [0.15, 0.2) is 65.8 Å². The van der Waals surface area contributed by atoms with E-state index in [1.54, 1.807) is 25.3 Å². The minimum atomic E-state index is -0.388. The maximum absolute atomic E-state index is 12.5. The number of carbonyl (C=O) groups excluding carboxylic acids is 4. The zero-order chi connectivity index (χ0) is 27.4. The molecule has 10 heteroatoms. The predicted molar refractivity (Wildman–Crippen MR) is 152 cm³/mol. The third-order valence-corrected chi connectivity index (χ3v) is 7.47. The van der Waals surface area contributed by atoms with E-state index in [1.165, 1.54) is 6.08 Å². The van der Waals surface area contributed by atoms with Crippen molar-refractivity contribution in [2.75, 3.05) is 31.1 Å². The van der Waals surface area contributed by atoms with E-state index in [2.05, 4.69) is 15.2 Å². The van der Waals surface area contributed by atoms with Crippen LogP contribution in [0.5, 0.6) is 0 Å². The highest BCUT2D eigenvalue weighted by Gasteiger charge is 2.25. The number of pyridine rings is 2. The van der Waals surface area contributed by atoms with Crippen molar-refractivity contribution in [3.63, 3.8) is 0 Å². The van der Waals surface area contributed by atoms with Gasteiger partial charge in [-0.3, -0.25) is 29.5 Å². The standard InChI is InChI=1S/C29H27N5O4S/c1-2-3-21(35)6-9-27(36)34-14-12-33(13-15-34)26-8-5-20(18-31-26)22-10-11-30-24-7-4-19(16-23(22)24)17-25-28(37)32-29(38)39-25/h2-5,7-8,10-11,16-18H,6,9,12-15H2,1H3,(H,32,37,38)/b3-2+,25-17-. The van der Waals surface area contributed by atoms with Crippen molar-refractivity contribution in [3.8, 4) is 11.1 Å². The Bertz CT molecular complexity index is 1510. The molecule has 0 radical (unpaired) electrons. The Kier molecular flexibility index (Phi) is 7.83. The van der Waals surface area contributed by atoms with Gasteiger partial charge in [-0.05, 0) is 72.3 Å². The molecule has 4 heterocycles. The third kappa shape index (κ3) is 6.06. The Balaban J connectivity index is 1.27. The van der Waals surface area contributed by atoms with Gasteiger partial charge in [-0.1, -0.05) is 12.1 Å². The zero-order valence-electron chi connectivity index (χ0n) is 21.4. The van der Waals surface area contributed by atoms with E-state index < -0.39 is 0 Å². The topological polar surface area (TPSA) is 113 Å². The highest BCUT2D eigenvalue weighted by atomic mass is 32.2. The molecule has 1 aromatic carbocycles. The molecule has 2 aliphatic rings. The molecule has 0 atom stereocenters. The molecule has 0 bridgehead atoms. The highest BCUT2D eigenvalue weighted by molar-refractivity contribution is 8.18. The Morgan fingerprint density at radius 3 is 2.54 bits per heavy atom. The van der Waals surface area contributed by atoms with Gasteiger partial charge in [0.15, 0.2) is 5.78 Å². The molecular weight excluding hydrogens is 514 g/mol. The van der Waals surface area contributed by atoms with E-state index in [1.807, 2.05) is 47.5 Å². The second kappa shape index (κ2) is 11.6. The maximum atomic E-state index is 12.5. The Hall–Kier alpha value is -4.31. The summed E-state index contributed by atoms with van der Waals surface area (Å²) >= 11 is 0.890. The number of nitrogens with zero attached hydrogens (tertiary/aromatic N) is 4. The summed E-state index contributed by atoms with van der Waals surface area (Å²) in [4.78, 5) is 61.1. The molecule has 0 spiro atoms. The van der Waals surface area contributed by atoms with Crippen molar-refractivity contribution in [2.45, 2.75) is 19.8 Å². The number of amides is 3. The van der Waals surface area contributed by atoms with Crippen LogP contribution in [-0.2, 0) is 14.4 Å². The van der Waals surface area contributed by atoms with Crippen LogP contribution in [0, 0.1) is 0 Å². The number of nitrogens with one attached hydrogen (secondary N) is 1. The summed E-state index contributed by atoms with van der Waals surface area (Å²) in [6.45, 7) is 4.32. The van der Waals surface area contributed by atoms with Crippen LogP contribution in [0.4, 0.5) is 10.6 Å². The Morgan fingerprint density at radius 2 is 1.85 bits per heavy atom. The molecule has 3 amide bonds. The molecule has 2 aliphatic heterocycles. The second-order valence-electron chi connectivity index (χ2n) is 9.23. The smallest absolute Gasteiger partial charge is 0.290 e. The van der Waals surface area contributed by atoms with Crippen LogP contribution < -0.4 is 10.2 Å². The van der Waals surface area contributed by atoms with Gasteiger partial charge in [0, 0.05) is 62.4 Å². The van der Waals surface area contributed by atoms with Gasteiger partial charge in [-0.15, -0.1) is 0 Å². The van der Waals surface area contributed by atoms with Gasteiger partial charge in [-0.25, -0.2) is 4.98 Å². The second-order valence-corrected chi connectivity index (χ2v) is 10.2. The monoisotopic (exact) mass is 541 g/mol. The van der Waals surface area contributed by atoms with Crippen LogP contribution in [0.1, 0.15) is 25.3 Å². The first kappa shape index (κ1) is 26.3. The van der Waals surface area contributed by atoms with E-state index in [9.17, 15) is 19.2 Å². The third-order valence-electron chi connectivity index (χ3n) is 6.66. The first-order valence-corrected chi connectivity index (χ1v) is 13.5. The Labute approximate surface area is 230 Å². The number of hydrogen-bond donors (Lipinski definition) is 1. The number of carbonyl (C=O) groups is 4. The summed E-state index contributed by atoms with van der Waals surface area (Å²) in [6, 6.07) is 11.6. The highest BCUT2D eigenvalue weighted by Crippen LogP contribution is 2.31. The van der Waals surface area contributed by atoms with Gasteiger partial charge < -0.3 is 9.80 Å². The molecule has 39 heavy (non-hydrogen) atoms. The number of anilines is 1. The summed E-state index contributed by atoms with van der Waals surface area (Å²) in [5.41, 5.74) is 3.50. The Morgan fingerprint density at radius 1 is 1.03 bits per heavy atom. The van der Waals surface area contributed by atoms with E-state index in [0.29, 0.717) is 31.1 Å². The van der Waals surface area contributed by atoms with E-state index in [-0.39, 0.29) is 35.7 Å². The summed E-state index contributed by atoms with van der Waals surface area (Å²) in [5.74, 6) is 0.433. The molecule has 2 saturated heterocycles. The molecule has 9 nitrogen and oxygen atoms in total. The molecular formula is C29H27N5O4S. The first-order valence-electron chi connectivity index (χ1n) is 12.7. The number of thioether (sulfide) groups is 1. The van der Waals surface area contributed by atoms with Crippen molar-refractivity contribution >= 4 is 57.4 Å².